The molecule has 1 unspecified atom stereocenters. The van der Waals surface area contributed by atoms with Gasteiger partial charge >= 0.3 is 0 Å². The average Bonchev–Trinajstić information content (AvgIpc) is 3.15. The van der Waals surface area contributed by atoms with E-state index in [0.717, 1.165) is 24.2 Å². The van der Waals surface area contributed by atoms with E-state index in [9.17, 15) is 4.39 Å². The van der Waals surface area contributed by atoms with Crippen LogP contribution in [0.3, 0.4) is 0 Å². The normalized spacial score (nSPS) is 14.5. The zero-order valence-corrected chi connectivity index (χ0v) is 21.6. The Morgan fingerprint density at radius 2 is 1.79 bits per heavy atom. The molecular formula is C26H39FN4O2. The lowest BCUT2D eigenvalue weighted by Crippen LogP contribution is -2.36. The van der Waals surface area contributed by atoms with Crippen LogP contribution < -0.4 is 4.74 Å². The van der Waals surface area contributed by atoms with E-state index in [-0.39, 0.29) is 22.9 Å². The molecule has 0 N–H and O–H groups in total. The summed E-state index contributed by atoms with van der Waals surface area (Å²) in [4.78, 5) is 13.8. The first kappa shape index (κ1) is 26.7. The van der Waals surface area contributed by atoms with E-state index in [4.69, 9.17) is 14.5 Å². The largest absolute Gasteiger partial charge is 0.479 e. The Bertz CT molecular complexity index is 982. The maximum absolute atomic E-state index is 13.2. The van der Waals surface area contributed by atoms with Gasteiger partial charge in [0, 0.05) is 30.2 Å². The van der Waals surface area contributed by atoms with Crippen molar-refractivity contribution in [3.05, 3.63) is 42.3 Å². The Balaban J connectivity index is 2.53. The van der Waals surface area contributed by atoms with Gasteiger partial charge in [0.2, 0.25) is 5.88 Å². The molecule has 33 heavy (non-hydrogen) atoms. The van der Waals surface area contributed by atoms with E-state index < -0.39 is 0 Å². The maximum atomic E-state index is 13.2. The second kappa shape index (κ2) is 11.1. The molecule has 0 radical (unpaired) electrons. The molecule has 0 amide bonds. The third-order valence-corrected chi connectivity index (χ3v) is 5.22. The lowest BCUT2D eigenvalue weighted by Gasteiger charge is -2.35. The zero-order chi connectivity index (χ0) is 24.8. The van der Waals surface area contributed by atoms with Gasteiger partial charge in [0.25, 0.3) is 0 Å². The van der Waals surface area contributed by atoms with Crippen LogP contribution in [0.1, 0.15) is 86.3 Å². The molecule has 7 heteroatoms. The zero-order valence-electron chi connectivity index (χ0n) is 21.6. The Labute approximate surface area is 198 Å². The summed E-state index contributed by atoms with van der Waals surface area (Å²) in [6.45, 7) is 16.1. The third-order valence-electron chi connectivity index (χ3n) is 5.22. The molecular weight excluding hydrogens is 419 g/mol. The van der Waals surface area contributed by atoms with Gasteiger partial charge in [-0.1, -0.05) is 13.0 Å². The van der Waals surface area contributed by atoms with Crippen LogP contribution in [0.5, 0.6) is 5.88 Å². The fourth-order valence-electron chi connectivity index (χ4n) is 4.07. The summed E-state index contributed by atoms with van der Waals surface area (Å²) in [7, 11) is 1.57. The molecule has 0 aliphatic rings. The van der Waals surface area contributed by atoms with Crippen LogP contribution >= 0.6 is 0 Å². The highest BCUT2D eigenvalue weighted by Gasteiger charge is 2.31. The number of imidazole rings is 1. The minimum absolute atomic E-state index is 0.186. The summed E-state index contributed by atoms with van der Waals surface area (Å²) in [6, 6.07) is 0. The maximum Gasteiger partial charge on any atom is 0.243 e. The second-order valence-corrected chi connectivity index (χ2v) is 9.93. The average molecular weight is 459 g/mol. The molecule has 0 aromatic carbocycles. The monoisotopic (exact) mass is 458 g/mol. The van der Waals surface area contributed by atoms with E-state index in [2.05, 4.69) is 51.5 Å². The number of halogens is 1. The van der Waals surface area contributed by atoms with E-state index in [1.165, 1.54) is 6.92 Å². The first-order valence-corrected chi connectivity index (χ1v) is 11.5. The first-order valence-electron chi connectivity index (χ1n) is 11.5. The molecule has 2 rings (SSSR count). The summed E-state index contributed by atoms with van der Waals surface area (Å²) in [5.41, 5.74) is 1.89. The number of allylic oxidation sites excluding steroid dienone is 4. The Morgan fingerprint density at radius 3 is 2.36 bits per heavy atom. The topological polar surface area (TPSA) is 62.1 Å². The predicted octanol–water partition coefficient (Wildman–Crippen LogP) is 6.95. The van der Waals surface area contributed by atoms with Gasteiger partial charge in [-0.15, -0.1) is 0 Å². The Hall–Kier alpha value is -2.54. The van der Waals surface area contributed by atoms with Gasteiger partial charge in [-0.2, -0.15) is 0 Å². The van der Waals surface area contributed by atoms with Crippen LogP contribution in [-0.4, -0.2) is 37.8 Å². The summed E-state index contributed by atoms with van der Waals surface area (Å²) in [5, 5.41) is 0. The van der Waals surface area contributed by atoms with Crippen molar-refractivity contribution in [2.75, 3.05) is 7.11 Å². The molecule has 6 nitrogen and oxygen atoms in total. The molecule has 0 aliphatic heterocycles. The third kappa shape index (κ3) is 7.77. The smallest absolute Gasteiger partial charge is 0.243 e. The standard InChI is InChI=1S/C26H39FN4O2/c1-10-20(16-26(7,8)33-25(4,5)6)21-17-31(19(3)13-11-12-18(2)27)23(30-21)22-24(32-9)29-15-14-28-22/h12-15,17,20H,10-11,16H2,1-9H3/b18-12+,19-13?. The minimum Gasteiger partial charge on any atom is -0.479 e. The highest BCUT2D eigenvalue weighted by atomic mass is 19.1. The molecule has 2 aromatic heterocycles. The lowest BCUT2D eigenvalue weighted by molar-refractivity contribution is -0.119. The van der Waals surface area contributed by atoms with Crippen LogP contribution in [-0.2, 0) is 4.74 Å². The molecule has 0 spiro atoms. The number of nitrogens with zero attached hydrogens (tertiary/aromatic N) is 4. The summed E-state index contributed by atoms with van der Waals surface area (Å²) >= 11 is 0. The molecule has 2 aromatic rings. The lowest BCUT2D eigenvalue weighted by atomic mass is 9.88. The van der Waals surface area contributed by atoms with E-state index >= 15 is 0 Å². The molecule has 0 bridgehead atoms. The minimum atomic E-state index is -0.318. The van der Waals surface area contributed by atoms with Crippen LogP contribution in [0.4, 0.5) is 4.39 Å². The van der Waals surface area contributed by atoms with Gasteiger partial charge in [-0.05, 0) is 73.8 Å². The van der Waals surface area contributed by atoms with Crippen molar-refractivity contribution < 1.29 is 13.9 Å². The van der Waals surface area contributed by atoms with E-state index in [0.29, 0.717) is 23.8 Å². The van der Waals surface area contributed by atoms with Crippen molar-refractivity contribution in [2.45, 2.75) is 91.8 Å². The fourth-order valence-corrected chi connectivity index (χ4v) is 4.07. The number of aromatic nitrogens is 4. The first-order chi connectivity index (χ1) is 15.4. The van der Waals surface area contributed by atoms with E-state index in [1.54, 1.807) is 25.6 Å². The van der Waals surface area contributed by atoms with Crippen molar-refractivity contribution in [1.29, 1.82) is 0 Å². The molecule has 0 aliphatic carbocycles. The molecule has 1 atom stereocenters. The van der Waals surface area contributed by atoms with Gasteiger partial charge in [-0.3, -0.25) is 0 Å². The van der Waals surface area contributed by atoms with Crippen molar-refractivity contribution in [1.82, 2.24) is 19.5 Å². The van der Waals surface area contributed by atoms with Gasteiger partial charge in [-0.25, -0.2) is 19.3 Å². The van der Waals surface area contributed by atoms with Crippen molar-refractivity contribution in [2.24, 2.45) is 0 Å². The Kier molecular flexibility index (Phi) is 8.95. The number of hydrogen-bond acceptors (Lipinski definition) is 5. The van der Waals surface area contributed by atoms with Gasteiger partial charge in [0.1, 0.15) is 0 Å². The number of methoxy groups -OCH3 is 1. The van der Waals surface area contributed by atoms with Crippen molar-refractivity contribution in [3.63, 3.8) is 0 Å². The number of rotatable bonds is 10. The Morgan fingerprint density at radius 1 is 1.12 bits per heavy atom. The highest BCUT2D eigenvalue weighted by molar-refractivity contribution is 5.63. The molecule has 0 saturated heterocycles. The highest BCUT2D eigenvalue weighted by Crippen LogP contribution is 2.36. The molecule has 182 valence electrons. The van der Waals surface area contributed by atoms with Crippen LogP contribution in [0.25, 0.3) is 17.2 Å². The summed E-state index contributed by atoms with van der Waals surface area (Å²) in [6.07, 6.45) is 11.0. The number of ether oxygens (including phenoxy) is 2. The summed E-state index contributed by atoms with van der Waals surface area (Å²) in [5.74, 6) is 1.05. The van der Waals surface area contributed by atoms with Crippen LogP contribution in [0.15, 0.2) is 36.6 Å². The van der Waals surface area contributed by atoms with Gasteiger partial charge < -0.3 is 14.0 Å². The van der Waals surface area contributed by atoms with Crippen LogP contribution in [0.2, 0.25) is 0 Å². The predicted molar refractivity (Wildman–Crippen MR) is 132 cm³/mol. The SMILES string of the molecule is CCC(CC(C)(C)OC(C)(C)C)c1cn(C(C)=CC/C=C(\C)F)c(-c2nccnc2OC)n1. The summed E-state index contributed by atoms with van der Waals surface area (Å²) < 4.78 is 27.0. The molecule has 2 heterocycles. The molecule has 0 fully saturated rings. The van der Waals surface area contributed by atoms with Gasteiger partial charge in [0.15, 0.2) is 11.5 Å². The molecule has 0 saturated carbocycles. The van der Waals surface area contributed by atoms with Gasteiger partial charge in [0.05, 0.1) is 29.8 Å². The second-order valence-electron chi connectivity index (χ2n) is 9.93. The fraction of sp³-hybridized carbons (Fsp3) is 0.577. The van der Waals surface area contributed by atoms with Crippen LogP contribution in [0, 0.1) is 0 Å². The quantitative estimate of drug-likeness (QED) is 0.385. The van der Waals surface area contributed by atoms with Crippen molar-refractivity contribution in [3.8, 4) is 17.4 Å². The number of hydrogen-bond donors (Lipinski definition) is 0. The van der Waals surface area contributed by atoms with E-state index in [1.807, 2.05) is 23.8 Å². The van der Waals surface area contributed by atoms with Crippen molar-refractivity contribution >= 4 is 5.70 Å².